The smallest absolute Gasteiger partial charge is 0.255 e. The molecular formula is C23H32N4O4. The lowest BCUT2D eigenvalue weighted by Gasteiger charge is -2.33. The van der Waals surface area contributed by atoms with Crippen LogP contribution in [-0.4, -0.2) is 60.5 Å². The predicted molar refractivity (Wildman–Crippen MR) is 117 cm³/mol. The molecule has 2 aliphatic heterocycles. The number of methoxy groups -OCH3 is 2. The number of aromatic nitrogens is 2. The molecule has 1 N–H and O–H groups in total. The fraction of sp³-hybridized carbons (Fsp3) is 0.565. The van der Waals surface area contributed by atoms with Gasteiger partial charge in [0.1, 0.15) is 0 Å². The highest BCUT2D eigenvalue weighted by Crippen LogP contribution is 2.31. The first-order chi connectivity index (χ1) is 15.1. The van der Waals surface area contributed by atoms with Gasteiger partial charge < -0.3 is 19.5 Å². The van der Waals surface area contributed by atoms with Gasteiger partial charge in [-0.25, -0.2) is 0 Å². The van der Waals surface area contributed by atoms with Gasteiger partial charge in [-0.3, -0.25) is 14.4 Å². The van der Waals surface area contributed by atoms with Gasteiger partial charge in [0.25, 0.3) is 5.91 Å². The fourth-order valence-electron chi connectivity index (χ4n) is 4.62. The summed E-state index contributed by atoms with van der Waals surface area (Å²) >= 11 is 0. The third-order valence-corrected chi connectivity index (χ3v) is 6.14. The maximum absolute atomic E-state index is 13.0. The highest BCUT2D eigenvalue weighted by atomic mass is 16.5. The van der Waals surface area contributed by atoms with Crippen molar-refractivity contribution >= 4 is 5.91 Å². The van der Waals surface area contributed by atoms with Crippen LogP contribution < -0.4 is 14.8 Å². The van der Waals surface area contributed by atoms with Gasteiger partial charge in [0.2, 0.25) is 0 Å². The molecule has 3 heterocycles. The van der Waals surface area contributed by atoms with Gasteiger partial charge in [-0.2, -0.15) is 5.10 Å². The predicted octanol–water partition coefficient (Wildman–Crippen LogP) is 2.39. The van der Waals surface area contributed by atoms with Crippen LogP contribution in [0.3, 0.4) is 0 Å². The molecule has 0 aliphatic carbocycles. The van der Waals surface area contributed by atoms with Crippen molar-refractivity contribution in [1.29, 1.82) is 0 Å². The Hall–Kier alpha value is -2.58. The molecule has 31 heavy (non-hydrogen) atoms. The van der Waals surface area contributed by atoms with E-state index in [1.165, 1.54) is 11.3 Å². The Kier molecular flexibility index (Phi) is 6.77. The third-order valence-electron chi connectivity index (χ3n) is 6.14. The van der Waals surface area contributed by atoms with E-state index >= 15 is 0 Å². The topological polar surface area (TPSA) is 77.9 Å². The number of hydrogen-bond donors (Lipinski definition) is 1. The molecule has 0 bridgehead atoms. The van der Waals surface area contributed by atoms with Crippen LogP contribution in [0, 0.1) is 0 Å². The van der Waals surface area contributed by atoms with Crippen molar-refractivity contribution in [1.82, 2.24) is 20.0 Å². The van der Waals surface area contributed by atoms with Gasteiger partial charge in [-0.15, -0.1) is 0 Å². The largest absolute Gasteiger partial charge is 0.493 e. The summed E-state index contributed by atoms with van der Waals surface area (Å²) in [5.41, 5.74) is 4.17. The zero-order chi connectivity index (χ0) is 21.8. The molecule has 0 saturated carbocycles. The normalized spacial score (nSPS) is 19.0. The van der Waals surface area contributed by atoms with E-state index in [4.69, 9.17) is 19.3 Å². The molecular weight excluding hydrogens is 396 g/mol. The molecule has 1 aromatic heterocycles. The molecule has 168 valence electrons. The Bertz CT molecular complexity index is 927. The van der Waals surface area contributed by atoms with E-state index < -0.39 is 0 Å². The number of amides is 1. The van der Waals surface area contributed by atoms with Crippen molar-refractivity contribution in [2.45, 2.75) is 51.9 Å². The molecule has 1 aromatic carbocycles. The van der Waals surface area contributed by atoms with Crippen molar-refractivity contribution in [3.8, 4) is 11.5 Å². The van der Waals surface area contributed by atoms with E-state index in [0.717, 1.165) is 57.7 Å². The molecule has 8 heteroatoms. The summed E-state index contributed by atoms with van der Waals surface area (Å²) in [5.74, 6) is 0.884. The van der Waals surface area contributed by atoms with Crippen LogP contribution in [0.1, 0.15) is 47.1 Å². The molecule has 1 fully saturated rings. The zero-order valence-electron chi connectivity index (χ0n) is 18.6. The van der Waals surface area contributed by atoms with Crippen molar-refractivity contribution in [2.75, 3.05) is 33.9 Å². The molecule has 8 nitrogen and oxygen atoms in total. The zero-order valence-corrected chi connectivity index (χ0v) is 18.6. The maximum Gasteiger partial charge on any atom is 0.255 e. The van der Waals surface area contributed by atoms with Crippen LogP contribution >= 0.6 is 0 Å². The number of nitrogens with zero attached hydrogens (tertiary/aromatic N) is 3. The Labute approximate surface area is 183 Å². The first-order valence-corrected chi connectivity index (χ1v) is 11.0. The highest BCUT2D eigenvalue weighted by Gasteiger charge is 2.27. The van der Waals surface area contributed by atoms with E-state index in [-0.39, 0.29) is 11.9 Å². The van der Waals surface area contributed by atoms with Crippen LogP contribution in [0.4, 0.5) is 0 Å². The number of para-hydroxylation sites is 1. The monoisotopic (exact) mass is 428 g/mol. The summed E-state index contributed by atoms with van der Waals surface area (Å²) in [6, 6.07) is 5.44. The quantitative estimate of drug-likeness (QED) is 0.730. The van der Waals surface area contributed by atoms with Crippen LogP contribution in [-0.2, 0) is 30.9 Å². The SMILES string of the molecule is CCn1nc(CN2CCC[C@H](NC(=O)c3cccc(OC)c3OC)C2)c2c1CCOC2. The lowest BCUT2D eigenvalue weighted by atomic mass is 10.0. The van der Waals surface area contributed by atoms with Gasteiger partial charge in [-0.05, 0) is 38.4 Å². The Balaban J connectivity index is 1.43. The second kappa shape index (κ2) is 9.70. The third kappa shape index (κ3) is 4.55. The number of carbonyl (C=O) groups is 1. The summed E-state index contributed by atoms with van der Waals surface area (Å²) in [5, 5.41) is 8.05. The molecule has 0 unspecified atom stereocenters. The van der Waals surface area contributed by atoms with Gasteiger partial charge in [0.15, 0.2) is 11.5 Å². The Morgan fingerprint density at radius 1 is 1.32 bits per heavy atom. The maximum atomic E-state index is 13.0. The molecule has 2 aliphatic rings. The average Bonchev–Trinajstić information content (AvgIpc) is 3.16. The summed E-state index contributed by atoms with van der Waals surface area (Å²) in [6.45, 7) is 7.01. The number of aryl methyl sites for hydroxylation is 1. The highest BCUT2D eigenvalue weighted by molar-refractivity contribution is 5.98. The number of ether oxygens (including phenoxy) is 3. The number of fused-ring (bicyclic) bond motifs is 1. The van der Waals surface area contributed by atoms with Crippen LogP contribution in [0.25, 0.3) is 0 Å². The second-order valence-electron chi connectivity index (χ2n) is 8.08. The van der Waals surface area contributed by atoms with E-state index in [2.05, 4.69) is 21.8 Å². The summed E-state index contributed by atoms with van der Waals surface area (Å²) in [7, 11) is 3.12. The molecule has 2 aromatic rings. The van der Waals surface area contributed by atoms with E-state index in [1.54, 1.807) is 32.4 Å². The van der Waals surface area contributed by atoms with Crippen molar-refractivity contribution in [2.24, 2.45) is 0 Å². The molecule has 1 amide bonds. The Morgan fingerprint density at radius 2 is 2.19 bits per heavy atom. The standard InChI is InChI=1S/C23H32N4O4/c1-4-27-20-10-12-31-15-18(20)19(25-27)14-26-11-6-7-16(13-26)24-23(28)17-8-5-9-21(29-2)22(17)30-3/h5,8-9,16H,4,6-7,10-15H2,1-3H3,(H,24,28)/t16-/m0/s1. The molecule has 4 rings (SSSR count). The van der Waals surface area contributed by atoms with E-state index in [1.807, 2.05) is 0 Å². The van der Waals surface area contributed by atoms with Gasteiger partial charge in [-0.1, -0.05) is 6.07 Å². The number of piperidine rings is 1. The lowest BCUT2D eigenvalue weighted by molar-refractivity contribution is 0.0894. The van der Waals surface area contributed by atoms with Gasteiger partial charge >= 0.3 is 0 Å². The van der Waals surface area contributed by atoms with Crippen LogP contribution in [0.15, 0.2) is 18.2 Å². The minimum Gasteiger partial charge on any atom is -0.493 e. The number of carbonyl (C=O) groups excluding carboxylic acids is 1. The molecule has 1 saturated heterocycles. The number of likely N-dealkylation sites (tertiary alicyclic amines) is 1. The van der Waals surface area contributed by atoms with Crippen LogP contribution in [0.2, 0.25) is 0 Å². The van der Waals surface area contributed by atoms with Crippen molar-refractivity contribution in [3.63, 3.8) is 0 Å². The summed E-state index contributed by atoms with van der Waals surface area (Å²) in [6.07, 6.45) is 2.92. The number of hydrogen-bond acceptors (Lipinski definition) is 6. The molecule has 1 atom stereocenters. The van der Waals surface area contributed by atoms with Gasteiger partial charge in [0, 0.05) is 43.4 Å². The lowest BCUT2D eigenvalue weighted by Crippen LogP contribution is -2.47. The summed E-state index contributed by atoms with van der Waals surface area (Å²) in [4.78, 5) is 15.3. The summed E-state index contributed by atoms with van der Waals surface area (Å²) < 4.78 is 18.6. The average molecular weight is 429 g/mol. The molecule has 0 radical (unpaired) electrons. The Morgan fingerprint density at radius 3 is 2.97 bits per heavy atom. The second-order valence-corrected chi connectivity index (χ2v) is 8.08. The van der Waals surface area contributed by atoms with Gasteiger partial charge in [0.05, 0.1) is 38.7 Å². The fourth-order valence-corrected chi connectivity index (χ4v) is 4.62. The van der Waals surface area contributed by atoms with E-state index in [0.29, 0.717) is 23.7 Å². The van der Waals surface area contributed by atoms with Crippen molar-refractivity contribution < 1.29 is 19.0 Å². The first-order valence-electron chi connectivity index (χ1n) is 11.0. The first kappa shape index (κ1) is 21.6. The molecule has 0 spiro atoms. The van der Waals surface area contributed by atoms with Crippen molar-refractivity contribution in [3.05, 3.63) is 40.7 Å². The minimum atomic E-state index is -0.136. The van der Waals surface area contributed by atoms with Crippen LogP contribution in [0.5, 0.6) is 11.5 Å². The van der Waals surface area contributed by atoms with E-state index in [9.17, 15) is 4.79 Å². The minimum absolute atomic E-state index is 0.0810. The number of benzene rings is 1. The number of rotatable bonds is 7. The number of nitrogens with one attached hydrogen (secondary N) is 1.